The maximum absolute atomic E-state index is 13.4. The predicted molar refractivity (Wildman–Crippen MR) is 85.2 cm³/mol. The summed E-state index contributed by atoms with van der Waals surface area (Å²) in [6.07, 6.45) is 6.79. The summed E-state index contributed by atoms with van der Waals surface area (Å²) in [6, 6.07) is 4.86. The summed E-state index contributed by atoms with van der Waals surface area (Å²) in [5.41, 5.74) is 7.25. The maximum Gasteiger partial charge on any atom is 0.124 e. The average molecular weight is 288 g/mol. The van der Waals surface area contributed by atoms with Crippen molar-refractivity contribution in [2.24, 2.45) is 11.7 Å². The second kappa shape index (κ2) is 8.17. The molecule has 2 N–H and O–H groups in total. The molecule has 0 spiro atoms. The second-order valence-electron chi connectivity index (χ2n) is 6.01. The molecular formula is C18H25FN2. The Bertz CT molecular complexity index is 510. The SMILES string of the molecule is CN(Cc1ccc(F)cc1C#CCN)CC1CCCCC1. The second-order valence-corrected chi connectivity index (χ2v) is 6.01. The number of hydrogen-bond acceptors (Lipinski definition) is 2. The Morgan fingerprint density at radius 1 is 1.29 bits per heavy atom. The minimum atomic E-state index is -0.241. The van der Waals surface area contributed by atoms with Gasteiger partial charge in [-0.15, -0.1) is 0 Å². The van der Waals surface area contributed by atoms with E-state index in [-0.39, 0.29) is 5.82 Å². The topological polar surface area (TPSA) is 29.3 Å². The molecule has 1 aliphatic rings. The lowest BCUT2D eigenvalue weighted by Gasteiger charge is -2.27. The van der Waals surface area contributed by atoms with E-state index in [1.807, 2.05) is 6.07 Å². The molecule has 0 bridgehead atoms. The van der Waals surface area contributed by atoms with Gasteiger partial charge in [0, 0.05) is 18.7 Å². The standard InChI is InChI=1S/C18H25FN2/c1-21(13-15-6-3-2-4-7-15)14-17-9-10-18(19)12-16(17)8-5-11-20/h9-10,12,15H,2-4,6-7,11,13-14,20H2,1H3. The fourth-order valence-electron chi connectivity index (χ4n) is 3.12. The maximum atomic E-state index is 13.4. The zero-order chi connectivity index (χ0) is 15.1. The van der Waals surface area contributed by atoms with Gasteiger partial charge in [-0.1, -0.05) is 37.2 Å². The van der Waals surface area contributed by atoms with Crippen LogP contribution in [-0.4, -0.2) is 25.0 Å². The number of rotatable bonds is 4. The molecule has 1 aromatic carbocycles. The molecule has 2 rings (SSSR count). The summed E-state index contributed by atoms with van der Waals surface area (Å²) >= 11 is 0. The zero-order valence-corrected chi connectivity index (χ0v) is 12.9. The monoisotopic (exact) mass is 288 g/mol. The van der Waals surface area contributed by atoms with Gasteiger partial charge in [-0.05, 0) is 43.5 Å². The Balaban J connectivity index is 2.00. The van der Waals surface area contributed by atoms with E-state index in [1.54, 1.807) is 0 Å². The third kappa shape index (κ3) is 5.15. The van der Waals surface area contributed by atoms with Crippen LogP contribution in [0.3, 0.4) is 0 Å². The molecule has 2 nitrogen and oxygen atoms in total. The van der Waals surface area contributed by atoms with Crippen molar-refractivity contribution in [3.8, 4) is 11.8 Å². The lowest BCUT2D eigenvalue weighted by Crippen LogP contribution is -2.27. The van der Waals surface area contributed by atoms with Gasteiger partial charge < -0.3 is 10.6 Å². The number of halogens is 1. The van der Waals surface area contributed by atoms with Gasteiger partial charge in [-0.25, -0.2) is 4.39 Å². The van der Waals surface area contributed by atoms with E-state index in [0.29, 0.717) is 6.54 Å². The van der Waals surface area contributed by atoms with Crippen LogP contribution >= 0.6 is 0 Å². The van der Waals surface area contributed by atoms with E-state index in [2.05, 4.69) is 23.8 Å². The first-order chi connectivity index (χ1) is 10.2. The molecule has 0 aliphatic heterocycles. The van der Waals surface area contributed by atoms with Gasteiger partial charge in [0.15, 0.2) is 0 Å². The molecule has 3 heteroatoms. The van der Waals surface area contributed by atoms with E-state index in [4.69, 9.17) is 5.73 Å². The molecule has 0 saturated heterocycles. The Labute approximate surface area is 127 Å². The van der Waals surface area contributed by atoms with Crippen LogP contribution in [0, 0.1) is 23.6 Å². The highest BCUT2D eigenvalue weighted by atomic mass is 19.1. The van der Waals surface area contributed by atoms with Crippen molar-refractivity contribution in [3.63, 3.8) is 0 Å². The number of nitrogens with zero attached hydrogens (tertiary/aromatic N) is 1. The van der Waals surface area contributed by atoms with Gasteiger partial charge in [0.2, 0.25) is 0 Å². The third-order valence-electron chi connectivity index (χ3n) is 4.13. The average Bonchev–Trinajstić information content (AvgIpc) is 2.48. The molecule has 21 heavy (non-hydrogen) atoms. The lowest BCUT2D eigenvalue weighted by atomic mass is 9.89. The van der Waals surface area contributed by atoms with Crippen molar-refractivity contribution in [3.05, 3.63) is 35.1 Å². The van der Waals surface area contributed by atoms with Crippen LogP contribution in [0.15, 0.2) is 18.2 Å². The van der Waals surface area contributed by atoms with Crippen LogP contribution in [0.2, 0.25) is 0 Å². The molecule has 1 aromatic rings. The molecule has 1 fully saturated rings. The van der Waals surface area contributed by atoms with Gasteiger partial charge >= 0.3 is 0 Å². The minimum Gasteiger partial charge on any atom is -0.320 e. The zero-order valence-electron chi connectivity index (χ0n) is 12.9. The van der Waals surface area contributed by atoms with Crippen LogP contribution in [-0.2, 0) is 6.54 Å². The van der Waals surface area contributed by atoms with E-state index in [1.165, 1.54) is 44.2 Å². The molecule has 0 unspecified atom stereocenters. The fourth-order valence-corrected chi connectivity index (χ4v) is 3.12. The van der Waals surface area contributed by atoms with Crippen molar-refractivity contribution in [2.75, 3.05) is 20.1 Å². The van der Waals surface area contributed by atoms with Crippen LogP contribution in [0.1, 0.15) is 43.2 Å². The highest BCUT2D eigenvalue weighted by Gasteiger charge is 2.16. The Morgan fingerprint density at radius 2 is 2.05 bits per heavy atom. The summed E-state index contributed by atoms with van der Waals surface area (Å²) in [5.74, 6) is 6.37. The summed E-state index contributed by atoms with van der Waals surface area (Å²) in [5, 5.41) is 0. The van der Waals surface area contributed by atoms with Crippen molar-refractivity contribution < 1.29 is 4.39 Å². The van der Waals surface area contributed by atoms with E-state index < -0.39 is 0 Å². The van der Waals surface area contributed by atoms with E-state index in [9.17, 15) is 4.39 Å². The summed E-state index contributed by atoms with van der Waals surface area (Å²) in [7, 11) is 2.14. The quantitative estimate of drug-likeness (QED) is 0.862. The third-order valence-corrected chi connectivity index (χ3v) is 4.13. The summed E-state index contributed by atoms with van der Waals surface area (Å²) in [6.45, 7) is 2.22. The van der Waals surface area contributed by atoms with Gasteiger partial charge in [-0.2, -0.15) is 0 Å². The van der Waals surface area contributed by atoms with Crippen molar-refractivity contribution in [2.45, 2.75) is 38.6 Å². The van der Waals surface area contributed by atoms with Crippen molar-refractivity contribution >= 4 is 0 Å². The first kappa shape index (κ1) is 16.0. The molecule has 0 amide bonds. The Hall–Kier alpha value is -1.37. The molecule has 1 saturated carbocycles. The molecule has 1 aliphatic carbocycles. The number of hydrogen-bond donors (Lipinski definition) is 1. The normalized spacial score (nSPS) is 15.8. The highest BCUT2D eigenvalue weighted by molar-refractivity contribution is 5.41. The molecule has 0 radical (unpaired) electrons. The first-order valence-corrected chi connectivity index (χ1v) is 7.85. The summed E-state index contributed by atoms with van der Waals surface area (Å²) in [4.78, 5) is 2.33. The van der Waals surface area contributed by atoms with Crippen LogP contribution in [0.5, 0.6) is 0 Å². The van der Waals surface area contributed by atoms with E-state index >= 15 is 0 Å². The Morgan fingerprint density at radius 3 is 2.76 bits per heavy atom. The first-order valence-electron chi connectivity index (χ1n) is 7.85. The summed E-state index contributed by atoms with van der Waals surface area (Å²) < 4.78 is 13.4. The fraction of sp³-hybridized carbons (Fsp3) is 0.556. The number of nitrogens with two attached hydrogens (primary N) is 1. The minimum absolute atomic E-state index is 0.241. The van der Waals surface area contributed by atoms with Crippen LogP contribution in [0.4, 0.5) is 4.39 Å². The number of benzene rings is 1. The predicted octanol–water partition coefficient (Wildman–Crippen LogP) is 3.15. The smallest absolute Gasteiger partial charge is 0.124 e. The molecule has 0 aromatic heterocycles. The van der Waals surface area contributed by atoms with Crippen molar-refractivity contribution in [1.82, 2.24) is 4.90 Å². The van der Waals surface area contributed by atoms with Crippen molar-refractivity contribution in [1.29, 1.82) is 0 Å². The van der Waals surface area contributed by atoms with E-state index in [0.717, 1.165) is 30.1 Å². The van der Waals surface area contributed by atoms with Gasteiger partial charge in [-0.3, -0.25) is 0 Å². The highest BCUT2D eigenvalue weighted by Crippen LogP contribution is 2.24. The largest absolute Gasteiger partial charge is 0.320 e. The molecule has 0 atom stereocenters. The van der Waals surface area contributed by atoms with Crippen LogP contribution in [0.25, 0.3) is 0 Å². The molecular weight excluding hydrogens is 263 g/mol. The molecule has 114 valence electrons. The lowest BCUT2D eigenvalue weighted by molar-refractivity contribution is 0.228. The van der Waals surface area contributed by atoms with Gasteiger partial charge in [0.25, 0.3) is 0 Å². The Kier molecular flexibility index (Phi) is 6.22. The van der Waals surface area contributed by atoms with Gasteiger partial charge in [0.05, 0.1) is 6.54 Å². The van der Waals surface area contributed by atoms with Gasteiger partial charge in [0.1, 0.15) is 5.82 Å². The molecule has 0 heterocycles. The van der Waals surface area contributed by atoms with Crippen LogP contribution < -0.4 is 5.73 Å².